The van der Waals surface area contributed by atoms with Crippen LogP contribution >= 0.6 is 35.7 Å². The maximum atomic E-state index is 12.2. The molecule has 1 rings (SSSR count). The summed E-state index contributed by atoms with van der Waals surface area (Å²) < 4.78 is 5.43. The number of carbonyl (C=O) groups is 1. The van der Waals surface area contributed by atoms with Gasteiger partial charge in [0.25, 0.3) is 0 Å². The zero-order valence-electron chi connectivity index (χ0n) is 12.3. The minimum absolute atomic E-state index is 0.0357. The zero-order chi connectivity index (χ0) is 15.2. The lowest BCUT2D eigenvalue weighted by atomic mass is 10.2. The molecule has 0 saturated carbocycles. The minimum Gasteiger partial charge on any atom is -0.467 e. The van der Waals surface area contributed by atoms with E-state index in [4.69, 9.17) is 16.6 Å². The fourth-order valence-corrected chi connectivity index (χ4v) is 4.26. The highest BCUT2D eigenvalue weighted by Gasteiger charge is 2.30. The largest absolute Gasteiger partial charge is 0.467 e. The summed E-state index contributed by atoms with van der Waals surface area (Å²) in [7, 11) is 0. The lowest BCUT2D eigenvalue weighted by Crippen LogP contribution is -2.39. The number of thioether (sulfide) groups is 2. The van der Waals surface area contributed by atoms with Crippen LogP contribution in [0.15, 0.2) is 22.8 Å². The molecule has 1 amide bonds. The summed E-state index contributed by atoms with van der Waals surface area (Å²) in [5, 5.41) is 2.87. The third kappa shape index (κ3) is 6.33. The van der Waals surface area contributed by atoms with E-state index in [1.165, 1.54) is 11.8 Å². The van der Waals surface area contributed by atoms with Crippen molar-refractivity contribution in [3.8, 4) is 0 Å². The van der Waals surface area contributed by atoms with Gasteiger partial charge in [-0.15, -0.1) is 11.8 Å². The van der Waals surface area contributed by atoms with E-state index in [0.29, 0.717) is 12.5 Å². The molecule has 0 unspecified atom stereocenters. The predicted molar refractivity (Wildman–Crippen MR) is 92.1 cm³/mol. The van der Waals surface area contributed by atoms with Crippen molar-refractivity contribution >= 4 is 45.2 Å². The third-order valence-electron chi connectivity index (χ3n) is 2.42. The smallest absolute Gasteiger partial charge is 0.236 e. The lowest BCUT2D eigenvalue weighted by molar-refractivity contribution is -0.122. The van der Waals surface area contributed by atoms with Crippen LogP contribution in [-0.4, -0.2) is 19.9 Å². The van der Waals surface area contributed by atoms with E-state index < -0.39 is 4.75 Å². The fraction of sp³-hybridized carbons (Fsp3) is 0.571. The Balaban J connectivity index is 2.41. The molecule has 0 saturated heterocycles. The first-order chi connectivity index (χ1) is 9.31. The van der Waals surface area contributed by atoms with Gasteiger partial charge in [-0.2, -0.15) is 0 Å². The second kappa shape index (κ2) is 8.10. The normalized spacial score (nSPS) is 11.7. The van der Waals surface area contributed by atoms with Crippen molar-refractivity contribution in [1.29, 1.82) is 0 Å². The Labute approximate surface area is 134 Å². The molecule has 1 aromatic rings. The first-order valence-corrected chi connectivity index (χ1v) is 8.68. The third-order valence-corrected chi connectivity index (χ3v) is 5.56. The highest BCUT2D eigenvalue weighted by molar-refractivity contribution is 8.47. The van der Waals surface area contributed by atoms with Gasteiger partial charge in [0.05, 0.1) is 17.6 Å². The number of hydrogen-bond donors (Lipinski definition) is 1. The summed E-state index contributed by atoms with van der Waals surface area (Å²) >= 11 is 8.41. The molecule has 3 nitrogen and oxygen atoms in total. The minimum atomic E-state index is -0.576. The van der Waals surface area contributed by atoms with Gasteiger partial charge in [-0.3, -0.25) is 4.79 Å². The number of thiocarbonyl (C=S) groups is 1. The van der Waals surface area contributed by atoms with Crippen LogP contribution in [0.5, 0.6) is 0 Å². The summed E-state index contributed by atoms with van der Waals surface area (Å²) in [5.74, 6) is 2.28. The summed E-state index contributed by atoms with van der Waals surface area (Å²) in [5.41, 5.74) is 0. The van der Waals surface area contributed by atoms with E-state index in [1.54, 1.807) is 24.1 Å². The second-order valence-electron chi connectivity index (χ2n) is 5.33. The van der Waals surface area contributed by atoms with Crippen LogP contribution in [0.2, 0.25) is 0 Å². The van der Waals surface area contributed by atoms with Crippen LogP contribution < -0.4 is 5.32 Å². The molecular weight excluding hydrogens is 310 g/mol. The molecule has 1 aromatic heterocycles. The highest BCUT2D eigenvalue weighted by Crippen LogP contribution is 2.31. The average molecular weight is 332 g/mol. The first kappa shape index (κ1) is 17.6. The molecule has 1 N–H and O–H groups in total. The molecule has 20 heavy (non-hydrogen) atoms. The standard InChI is InChI=1S/C14H21NO2S3/c1-10(2)9-19-13(18)20-14(3,4)12(16)15-8-11-6-5-7-17-11/h5-7,10H,8-9H2,1-4H3,(H,15,16). The second-order valence-corrected chi connectivity index (χ2v) is 9.18. The summed E-state index contributed by atoms with van der Waals surface area (Å²) in [6.45, 7) is 8.49. The van der Waals surface area contributed by atoms with Crippen LogP contribution in [0.3, 0.4) is 0 Å². The van der Waals surface area contributed by atoms with E-state index in [2.05, 4.69) is 19.2 Å². The van der Waals surface area contributed by atoms with Crippen molar-refractivity contribution in [2.24, 2.45) is 5.92 Å². The van der Waals surface area contributed by atoms with Crippen molar-refractivity contribution in [2.45, 2.75) is 39.0 Å². The number of carbonyl (C=O) groups excluding carboxylic acids is 1. The molecule has 0 aliphatic carbocycles. The van der Waals surface area contributed by atoms with Crippen LogP contribution in [0, 0.1) is 5.92 Å². The van der Waals surface area contributed by atoms with E-state index in [1.807, 2.05) is 19.9 Å². The van der Waals surface area contributed by atoms with Crippen molar-refractivity contribution < 1.29 is 9.21 Å². The molecule has 0 aromatic carbocycles. The number of amides is 1. The average Bonchev–Trinajstić information content (AvgIpc) is 2.85. The Morgan fingerprint density at radius 1 is 1.50 bits per heavy atom. The van der Waals surface area contributed by atoms with E-state index in [-0.39, 0.29) is 5.91 Å². The SMILES string of the molecule is CC(C)CSC(=S)SC(C)(C)C(=O)NCc1ccco1. The van der Waals surface area contributed by atoms with Gasteiger partial charge in [0.1, 0.15) is 9.29 Å². The molecular formula is C14H21NO2S3. The maximum Gasteiger partial charge on any atom is 0.236 e. The van der Waals surface area contributed by atoms with Gasteiger partial charge in [0.15, 0.2) is 0 Å². The molecule has 0 aliphatic heterocycles. The van der Waals surface area contributed by atoms with E-state index in [0.717, 1.165) is 15.0 Å². The van der Waals surface area contributed by atoms with Crippen LogP contribution in [-0.2, 0) is 11.3 Å². The van der Waals surface area contributed by atoms with Crippen molar-refractivity contribution in [2.75, 3.05) is 5.75 Å². The molecule has 0 spiro atoms. The predicted octanol–water partition coefficient (Wildman–Crippen LogP) is 4.08. The van der Waals surface area contributed by atoms with Gasteiger partial charge >= 0.3 is 0 Å². The molecule has 0 fully saturated rings. The molecule has 1 heterocycles. The van der Waals surface area contributed by atoms with E-state index in [9.17, 15) is 4.79 Å². The lowest BCUT2D eigenvalue weighted by Gasteiger charge is -2.23. The summed E-state index contributed by atoms with van der Waals surface area (Å²) in [6, 6.07) is 3.64. The van der Waals surface area contributed by atoms with Gasteiger partial charge in [-0.1, -0.05) is 37.8 Å². The van der Waals surface area contributed by atoms with Crippen molar-refractivity contribution in [1.82, 2.24) is 5.32 Å². The highest BCUT2D eigenvalue weighted by atomic mass is 32.2. The first-order valence-electron chi connectivity index (χ1n) is 6.47. The van der Waals surface area contributed by atoms with Crippen LogP contribution in [0.25, 0.3) is 0 Å². The zero-order valence-corrected chi connectivity index (χ0v) is 14.7. The molecule has 0 bridgehead atoms. The fourth-order valence-electron chi connectivity index (χ4n) is 1.31. The van der Waals surface area contributed by atoms with Gasteiger partial charge in [0, 0.05) is 5.75 Å². The van der Waals surface area contributed by atoms with Gasteiger partial charge in [0.2, 0.25) is 5.91 Å². The Hall–Kier alpha value is -0.460. The molecule has 112 valence electrons. The van der Waals surface area contributed by atoms with Crippen molar-refractivity contribution in [3.63, 3.8) is 0 Å². The topological polar surface area (TPSA) is 42.2 Å². The quantitative estimate of drug-likeness (QED) is 0.796. The Bertz CT molecular complexity index is 441. The summed E-state index contributed by atoms with van der Waals surface area (Å²) in [6.07, 6.45) is 1.60. The molecule has 6 heteroatoms. The van der Waals surface area contributed by atoms with Crippen LogP contribution in [0.4, 0.5) is 0 Å². The number of hydrogen-bond acceptors (Lipinski definition) is 5. The molecule has 0 atom stereocenters. The number of nitrogens with one attached hydrogen (secondary N) is 1. The Kier molecular flexibility index (Phi) is 7.12. The molecule has 0 radical (unpaired) electrons. The Morgan fingerprint density at radius 3 is 2.75 bits per heavy atom. The Morgan fingerprint density at radius 2 is 2.20 bits per heavy atom. The van der Waals surface area contributed by atoms with Gasteiger partial charge < -0.3 is 9.73 Å². The number of furan rings is 1. The summed E-state index contributed by atoms with van der Waals surface area (Å²) in [4.78, 5) is 12.2. The van der Waals surface area contributed by atoms with Crippen molar-refractivity contribution in [3.05, 3.63) is 24.2 Å². The maximum absolute atomic E-state index is 12.2. The van der Waals surface area contributed by atoms with Gasteiger partial charge in [-0.25, -0.2) is 0 Å². The van der Waals surface area contributed by atoms with Gasteiger partial charge in [-0.05, 0) is 31.9 Å². The monoisotopic (exact) mass is 331 g/mol. The van der Waals surface area contributed by atoms with Crippen LogP contribution in [0.1, 0.15) is 33.5 Å². The van der Waals surface area contributed by atoms with E-state index >= 15 is 0 Å². The number of rotatable bonds is 6. The molecule has 0 aliphatic rings.